The van der Waals surface area contributed by atoms with Gasteiger partial charge in [0.15, 0.2) is 0 Å². The van der Waals surface area contributed by atoms with E-state index in [0.29, 0.717) is 11.5 Å². The van der Waals surface area contributed by atoms with Crippen LogP contribution in [-0.2, 0) is 4.79 Å². The summed E-state index contributed by atoms with van der Waals surface area (Å²) in [5.74, 6) is -0.729. The Morgan fingerprint density at radius 2 is 2.23 bits per heavy atom. The average molecular weight is 185 g/mol. The first-order valence-corrected chi connectivity index (χ1v) is 4.83. The Bertz CT molecular complexity index is 201. The summed E-state index contributed by atoms with van der Waals surface area (Å²) in [5.41, 5.74) is 0.400. The molecule has 1 rings (SSSR count). The van der Waals surface area contributed by atoms with Crippen LogP contribution in [0.1, 0.15) is 33.1 Å². The van der Waals surface area contributed by atoms with E-state index in [2.05, 4.69) is 13.8 Å². The Labute approximate surface area is 79.7 Å². The molecule has 0 aromatic rings. The van der Waals surface area contributed by atoms with Gasteiger partial charge in [-0.05, 0) is 31.7 Å². The molecule has 0 heterocycles. The maximum atomic E-state index is 10.5. The van der Waals surface area contributed by atoms with Crippen molar-refractivity contribution in [3.63, 3.8) is 0 Å². The average Bonchev–Trinajstić information content (AvgIpc) is 2.28. The van der Waals surface area contributed by atoms with E-state index in [-0.39, 0.29) is 6.54 Å². The zero-order valence-electron chi connectivity index (χ0n) is 8.71. The van der Waals surface area contributed by atoms with Crippen LogP contribution in [0.5, 0.6) is 0 Å². The Kier molecular flexibility index (Phi) is 2.96. The molecule has 1 saturated carbocycles. The summed E-state index contributed by atoms with van der Waals surface area (Å²) in [6.45, 7) is 4.67. The number of hydrogen-bond acceptors (Lipinski definition) is 2. The SMILES string of the molecule is CN(CC(=O)O)C1CCC(C)(C)C1. The lowest BCUT2D eigenvalue weighted by atomic mass is 9.91. The van der Waals surface area contributed by atoms with Crippen LogP contribution >= 0.6 is 0 Å². The van der Waals surface area contributed by atoms with Crippen LogP contribution in [0.25, 0.3) is 0 Å². The van der Waals surface area contributed by atoms with Gasteiger partial charge in [0.1, 0.15) is 0 Å². The lowest BCUT2D eigenvalue weighted by Crippen LogP contribution is -2.34. The van der Waals surface area contributed by atoms with Gasteiger partial charge >= 0.3 is 5.97 Å². The van der Waals surface area contributed by atoms with E-state index in [9.17, 15) is 4.79 Å². The standard InChI is InChI=1S/C10H19NO2/c1-10(2)5-4-8(6-10)11(3)7-9(12)13/h8H,4-7H2,1-3H3,(H,12,13). The first-order valence-electron chi connectivity index (χ1n) is 4.83. The molecule has 0 bridgehead atoms. The molecule has 1 atom stereocenters. The first kappa shape index (κ1) is 10.5. The highest BCUT2D eigenvalue weighted by Gasteiger charge is 2.33. The molecule has 0 saturated heterocycles. The van der Waals surface area contributed by atoms with Crippen molar-refractivity contribution < 1.29 is 9.90 Å². The molecule has 1 unspecified atom stereocenters. The number of carboxylic acid groups (broad SMARTS) is 1. The fourth-order valence-electron chi connectivity index (χ4n) is 2.12. The highest BCUT2D eigenvalue weighted by Crippen LogP contribution is 2.38. The summed E-state index contributed by atoms with van der Waals surface area (Å²) >= 11 is 0. The van der Waals surface area contributed by atoms with E-state index in [0.717, 1.165) is 12.8 Å². The fraction of sp³-hybridized carbons (Fsp3) is 0.900. The minimum absolute atomic E-state index is 0.167. The molecule has 13 heavy (non-hydrogen) atoms. The monoisotopic (exact) mass is 185 g/mol. The number of carboxylic acids is 1. The summed E-state index contributed by atoms with van der Waals surface area (Å²) < 4.78 is 0. The second-order valence-electron chi connectivity index (χ2n) is 4.87. The van der Waals surface area contributed by atoms with E-state index in [1.165, 1.54) is 6.42 Å². The smallest absolute Gasteiger partial charge is 0.317 e. The van der Waals surface area contributed by atoms with Gasteiger partial charge in [0.25, 0.3) is 0 Å². The second kappa shape index (κ2) is 3.66. The molecule has 0 aromatic carbocycles. The third kappa shape index (κ3) is 2.99. The number of rotatable bonds is 3. The summed E-state index contributed by atoms with van der Waals surface area (Å²) in [6.07, 6.45) is 3.47. The topological polar surface area (TPSA) is 40.5 Å². The minimum atomic E-state index is -0.729. The maximum absolute atomic E-state index is 10.5. The van der Waals surface area contributed by atoms with E-state index >= 15 is 0 Å². The van der Waals surface area contributed by atoms with Crippen LogP contribution in [0.3, 0.4) is 0 Å². The van der Waals surface area contributed by atoms with E-state index < -0.39 is 5.97 Å². The van der Waals surface area contributed by atoms with Crippen molar-refractivity contribution in [2.45, 2.75) is 39.2 Å². The zero-order valence-corrected chi connectivity index (χ0v) is 8.71. The molecule has 0 aliphatic heterocycles. The van der Waals surface area contributed by atoms with Crippen molar-refractivity contribution in [3.05, 3.63) is 0 Å². The molecule has 3 nitrogen and oxygen atoms in total. The number of aliphatic carboxylic acids is 1. The van der Waals surface area contributed by atoms with Gasteiger partial charge in [-0.3, -0.25) is 9.69 Å². The second-order valence-corrected chi connectivity index (χ2v) is 4.87. The Balaban J connectivity index is 2.42. The summed E-state index contributed by atoms with van der Waals surface area (Å²) in [4.78, 5) is 12.4. The number of carbonyl (C=O) groups is 1. The van der Waals surface area contributed by atoms with Crippen molar-refractivity contribution in [3.8, 4) is 0 Å². The van der Waals surface area contributed by atoms with Gasteiger partial charge in [-0.1, -0.05) is 13.8 Å². The first-order chi connectivity index (χ1) is 5.91. The number of nitrogens with zero attached hydrogens (tertiary/aromatic N) is 1. The van der Waals surface area contributed by atoms with Gasteiger partial charge in [0.2, 0.25) is 0 Å². The molecule has 0 aromatic heterocycles. The fourth-order valence-corrected chi connectivity index (χ4v) is 2.12. The van der Waals surface area contributed by atoms with Gasteiger partial charge < -0.3 is 5.11 Å². The van der Waals surface area contributed by atoms with E-state index in [4.69, 9.17) is 5.11 Å². The van der Waals surface area contributed by atoms with Crippen molar-refractivity contribution >= 4 is 5.97 Å². The summed E-state index contributed by atoms with van der Waals surface area (Å²) in [6, 6.07) is 0.464. The van der Waals surface area contributed by atoms with Crippen LogP contribution in [-0.4, -0.2) is 35.6 Å². The molecule has 1 aliphatic rings. The maximum Gasteiger partial charge on any atom is 0.317 e. The quantitative estimate of drug-likeness (QED) is 0.725. The molecule has 1 aliphatic carbocycles. The highest BCUT2D eigenvalue weighted by atomic mass is 16.4. The van der Waals surface area contributed by atoms with Crippen LogP contribution in [0.15, 0.2) is 0 Å². The molecule has 3 heteroatoms. The van der Waals surface area contributed by atoms with Crippen LogP contribution in [0.2, 0.25) is 0 Å². The molecular weight excluding hydrogens is 166 g/mol. The van der Waals surface area contributed by atoms with Crippen LogP contribution in [0.4, 0.5) is 0 Å². The summed E-state index contributed by atoms with van der Waals surface area (Å²) in [7, 11) is 1.90. The molecule has 1 fully saturated rings. The Morgan fingerprint density at radius 1 is 1.62 bits per heavy atom. The van der Waals surface area contributed by atoms with Gasteiger partial charge in [0.05, 0.1) is 6.54 Å². The lowest BCUT2D eigenvalue weighted by molar-refractivity contribution is -0.138. The predicted molar refractivity (Wildman–Crippen MR) is 51.7 cm³/mol. The predicted octanol–water partition coefficient (Wildman–Crippen LogP) is 1.58. The molecule has 0 spiro atoms. The molecule has 0 radical (unpaired) electrons. The third-order valence-corrected chi connectivity index (χ3v) is 2.95. The Hall–Kier alpha value is -0.570. The molecular formula is C10H19NO2. The van der Waals surface area contributed by atoms with Gasteiger partial charge in [0, 0.05) is 6.04 Å². The van der Waals surface area contributed by atoms with Crippen molar-refractivity contribution in [2.24, 2.45) is 5.41 Å². The van der Waals surface area contributed by atoms with Crippen molar-refractivity contribution in [1.82, 2.24) is 4.90 Å². The van der Waals surface area contributed by atoms with E-state index in [1.54, 1.807) is 0 Å². The zero-order chi connectivity index (χ0) is 10.1. The van der Waals surface area contributed by atoms with Crippen molar-refractivity contribution in [1.29, 1.82) is 0 Å². The van der Waals surface area contributed by atoms with Crippen LogP contribution < -0.4 is 0 Å². The largest absolute Gasteiger partial charge is 0.480 e. The van der Waals surface area contributed by atoms with Crippen molar-refractivity contribution in [2.75, 3.05) is 13.6 Å². The highest BCUT2D eigenvalue weighted by molar-refractivity contribution is 5.69. The normalized spacial score (nSPS) is 26.6. The minimum Gasteiger partial charge on any atom is -0.480 e. The molecule has 1 N–H and O–H groups in total. The third-order valence-electron chi connectivity index (χ3n) is 2.95. The van der Waals surface area contributed by atoms with Crippen LogP contribution in [0, 0.1) is 5.41 Å². The van der Waals surface area contributed by atoms with Gasteiger partial charge in [-0.25, -0.2) is 0 Å². The number of likely N-dealkylation sites (N-methyl/N-ethyl adjacent to an activating group) is 1. The molecule has 76 valence electrons. The lowest BCUT2D eigenvalue weighted by Gasteiger charge is -2.24. The molecule has 0 amide bonds. The number of hydrogen-bond donors (Lipinski definition) is 1. The van der Waals surface area contributed by atoms with Gasteiger partial charge in [-0.2, -0.15) is 0 Å². The Morgan fingerprint density at radius 3 is 2.62 bits per heavy atom. The van der Waals surface area contributed by atoms with Gasteiger partial charge in [-0.15, -0.1) is 0 Å². The van der Waals surface area contributed by atoms with E-state index in [1.807, 2.05) is 11.9 Å². The summed E-state index contributed by atoms with van der Waals surface area (Å²) in [5, 5.41) is 8.63.